The highest BCUT2D eigenvalue weighted by atomic mass is 19.1. The van der Waals surface area contributed by atoms with Gasteiger partial charge in [-0.15, -0.1) is 0 Å². The van der Waals surface area contributed by atoms with Crippen LogP contribution in [0.25, 0.3) is 0 Å². The van der Waals surface area contributed by atoms with E-state index >= 15 is 0 Å². The summed E-state index contributed by atoms with van der Waals surface area (Å²) in [4.78, 5) is 2.33. The number of nitrogens with one attached hydrogen (secondary N) is 1. The molecule has 0 aromatic heterocycles. The molecule has 0 radical (unpaired) electrons. The smallest absolute Gasteiger partial charge is 0.123 e. The topological polar surface area (TPSA) is 41.3 Å². The summed E-state index contributed by atoms with van der Waals surface area (Å²) in [5.41, 5.74) is 8.14. The molecule has 3 rings (SSSR count). The number of nitrogens with zero attached hydrogens (tertiary/aromatic N) is 1. The molecule has 0 saturated heterocycles. The molecule has 0 unspecified atom stereocenters. The van der Waals surface area contributed by atoms with E-state index < -0.39 is 0 Å². The quantitative estimate of drug-likeness (QED) is 0.633. The average molecular weight is 388 g/mol. The van der Waals surface area contributed by atoms with E-state index in [1.54, 1.807) is 0 Å². The SMILES string of the molecule is NC1CCC(NCCCN(Cc2ccc(F)cc2)Cc2ccc(F)cc2)CC1. The molecule has 1 aliphatic carbocycles. The Labute approximate surface area is 166 Å². The molecule has 1 fully saturated rings. The molecule has 152 valence electrons. The first-order valence-corrected chi connectivity index (χ1v) is 10.3. The lowest BCUT2D eigenvalue weighted by atomic mass is 9.92. The summed E-state index contributed by atoms with van der Waals surface area (Å²) in [6.07, 6.45) is 5.58. The first kappa shape index (κ1) is 20.9. The zero-order chi connectivity index (χ0) is 19.8. The second kappa shape index (κ2) is 10.6. The third-order valence-corrected chi connectivity index (χ3v) is 5.49. The third-order valence-electron chi connectivity index (χ3n) is 5.49. The van der Waals surface area contributed by atoms with Gasteiger partial charge in [0.25, 0.3) is 0 Å². The van der Waals surface area contributed by atoms with Crippen LogP contribution in [0.3, 0.4) is 0 Å². The van der Waals surface area contributed by atoms with Crippen LogP contribution in [0.4, 0.5) is 8.78 Å². The molecule has 3 nitrogen and oxygen atoms in total. The minimum Gasteiger partial charge on any atom is -0.328 e. The van der Waals surface area contributed by atoms with E-state index in [0.717, 1.165) is 69.4 Å². The number of halogens is 2. The summed E-state index contributed by atoms with van der Waals surface area (Å²) in [7, 11) is 0. The maximum Gasteiger partial charge on any atom is 0.123 e. The van der Waals surface area contributed by atoms with Crippen molar-refractivity contribution in [3.63, 3.8) is 0 Å². The molecule has 1 saturated carbocycles. The van der Waals surface area contributed by atoms with E-state index in [0.29, 0.717) is 12.1 Å². The van der Waals surface area contributed by atoms with Gasteiger partial charge in [0.15, 0.2) is 0 Å². The number of nitrogens with two attached hydrogens (primary N) is 1. The number of hydrogen-bond acceptors (Lipinski definition) is 3. The number of hydrogen-bond donors (Lipinski definition) is 2. The Morgan fingerprint density at radius 2 is 1.32 bits per heavy atom. The van der Waals surface area contributed by atoms with Crippen molar-refractivity contribution in [3.05, 3.63) is 71.3 Å². The van der Waals surface area contributed by atoms with Crippen molar-refractivity contribution in [1.82, 2.24) is 10.2 Å². The molecule has 28 heavy (non-hydrogen) atoms. The summed E-state index contributed by atoms with van der Waals surface area (Å²) in [6, 6.07) is 14.3. The largest absolute Gasteiger partial charge is 0.328 e. The highest BCUT2D eigenvalue weighted by Gasteiger charge is 2.17. The fraction of sp³-hybridized carbons (Fsp3) is 0.478. The Morgan fingerprint density at radius 3 is 1.82 bits per heavy atom. The fourth-order valence-electron chi connectivity index (χ4n) is 3.84. The van der Waals surface area contributed by atoms with Gasteiger partial charge in [-0.25, -0.2) is 8.78 Å². The van der Waals surface area contributed by atoms with Crippen molar-refractivity contribution < 1.29 is 8.78 Å². The van der Waals surface area contributed by atoms with Gasteiger partial charge >= 0.3 is 0 Å². The molecule has 0 atom stereocenters. The number of rotatable bonds is 9. The van der Waals surface area contributed by atoms with E-state index in [1.165, 1.54) is 24.3 Å². The molecular weight excluding hydrogens is 356 g/mol. The van der Waals surface area contributed by atoms with Crippen molar-refractivity contribution in [3.8, 4) is 0 Å². The van der Waals surface area contributed by atoms with Crippen LogP contribution in [0.15, 0.2) is 48.5 Å². The van der Waals surface area contributed by atoms with Gasteiger partial charge in [0.05, 0.1) is 0 Å². The highest BCUT2D eigenvalue weighted by molar-refractivity contribution is 5.18. The molecule has 2 aromatic rings. The van der Waals surface area contributed by atoms with E-state index in [2.05, 4.69) is 10.2 Å². The van der Waals surface area contributed by atoms with Crippen LogP contribution in [0.5, 0.6) is 0 Å². The van der Waals surface area contributed by atoms with E-state index in [1.807, 2.05) is 24.3 Å². The predicted octanol–water partition coefficient (Wildman–Crippen LogP) is 4.22. The predicted molar refractivity (Wildman–Crippen MR) is 110 cm³/mol. The Bertz CT molecular complexity index is 647. The van der Waals surface area contributed by atoms with E-state index in [4.69, 9.17) is 5.73 Å². The first-order valence-electron chi connectivity index (χ1n) is 10.3. The van der Waals surface area contributed by atoms with Gasteiger partial charge in [0, 0.05) is 31.7 Å². The van der Waals surface area contributed by atoms with Gasteiger partial charge < -0.3 is 11.1 Å². The van der Waals surface area contributed by atoms with Gasteiger partial charge in [-0.2, -0.15) is 0 Å². The van der Waals surface area contributed by atoms with E-state index in [9.17, 15) is 8.78 Å². The Hall–Kier alpha value is -1.82. The molecule has 0 heterocycles. The fourth-order valence-corrected chi connectivity index (χ4v) is 3.84. The van der Waals surface area contributed by atoms with Crippen molar-refractivity contribution in [2.24, 2.45) is 5.73 Å². The molecule has 2 aromatic carbocycles. The minimum absolute atomic E-state index is 0.217. The van der Waals surface area contributed by atoms with Gasteiger partial charge in [-0.3, -0.25) is 4.90 Å². The van der Waals surface area contributed by atoms with Gasteiger partial charge in [0.2, 0.25) is 0 Å². The van der Waals surface area contributed by atoms with E-state index in [-0.39, 0.29) is 11.6 Å². The number of benzene rings is 2. The summed E-state index contributed by atoms with van der Waals surface area (Å²) >= 11 is 0. The van der Waals surface area contributed by atoms with Crippen LogP contribution in [-0.2, 0) is 13.1 Å². The average Bonchev–Trinajstić information content (AvgIpc) is 2.70. The van der Waals surface area contributed by atoms with Crippen LogP contribution in [0.1, 0.15) is 43.2 Å². The lowest BCUT2D eigenvalue weighted by molar-refractivity contribution is 0.247. The highest BCUT2D eigenvalue weighted by Crippen LogP contribution is 2.17. The summed E-state index contributed by atoms with van der Waals surface area (Å²) in [5.74, 6) is -0.435. The van der Waals surface area contributed by atoms with Crippen LogP contribution in [0, 0.1) is 11.6 Å². The summed E-state index contributed by atoms with van der Waals surface area (Å²) in [6.45, 7) is 3.39. The molecular formula is C23H31F2N3. The van der Waals surface area contributed by atoms with Gasteiger partial charge in [-0.1, -0.05) is 24.3 Å². The zero-order valence-electron chi connectivity index (χ0n) is 16.4. The molecule has 5 heteroatoms. The van der Waals surface area contributed by atoms with Crippen molar-refractivity contribution >= 4 is 0 Å². The molecule has 3 N–H and O–H groups in total. The molecule has 0 aliphatic heterocycles. The molecule has 0 spiro atoms. The van der Waals surface area contributed by atoms with Crippen LogP contribution in [-0.4, -0.2) is 30.1 Å². The van der Waals surface area contributed by atoms with Crippen LogP contribution >= 0.6 is 0 Å². The van der Waals surface area contributed by atoms with Crippen molar-refractivity contribution in [2.75, 3.05) is 13.1 Å². The lowest BCUT2D eigenvalue weighted by Crippen LogP contribution is -2.38. The Morgan fingerprint density at radius 1 is 0.821 bits per heavy atom. The Kier molecular flexibility index (Phi) is 7.95. The molecule has 0 amide bonds. The van der Waals surface area contributed by atoms with Crippen molar-refractivity contribution in [1.29, 1.82) is 0 Å². The maximum atomic E-state index is 13.2. The molecule has 1 aliphatic rings. The van der Waals surface area contributed by atoms with Crippen LogP contribution in [0.2, 0.25) is 0 Å². The zero-order valence-corrected chi connectivity index (χ0v) is 16.4. The second-order valence-corrected chi connectivity index (χ2v) is 7.88. The summed E-state index contributed by atoms with van der Waals surface area (Å²) in [5, 5.41) is 3.66. The molecule has 0 bridgehead atoms. The lowest BCUT2D eigenvalue weighted by Gasteiger charge is -2.28. The first-order chi connectivity index (χ1) is 13.6. The normalized spacial score (nSPS) is 19.9. The monoisotopic (exact) mass is 387 g/mol. The van der Waals surface area contributed by atoms with Gasteiger partial charge in [-0.05, 0) is 74.0 Å². The third kappa shape index (κ3) is 6.97. The maximum absolute atomic E-state index is 13.2. The second-order valence-electron chi connectivity index (χ2n) is 7.88. The standard InChI is InChI=1S/C23H31F2N3/c24-20-6-2-18(3-7-20)16-28(17-19-4-8-21(25)9-5-19)15-1-14-27-23-12-10-22(26)11-13-23/h2-9,22-23,27H,1,10-17,26H2. The Balaban J connectivity index is 1.51. The van der Waals surface area contributed by atoms with Crippen LogP contribution < -0.4 is 11.1 Å². The van der Waals surface area contributed by atoms with Gasteiger partial charge in [0.1, 0.15) is 11.6 Å². The summed E-state index contributed by atoms with van der Waals surface area (Å²) < 4.78 is 26.4. The minimum atomic E-state index is -0.217. The van der Waals surface area contributed by atoms with Crippen molar-refractivity contribution in [2.45, 2.75) is 57.3 Å².